The van der Waals surface area contributed by atoms with E-state index in [-0.39, 0.29) is 0 Å². The van der Waals surface area contributed by atoms with Gasteiger partial charge in [-0.05, 0) is 6.66 Å². The normalized spacial score (nSPS) is 14.8. The molecule has 0 aromatic carbocycles. The zero-order valence-corrected chi connectivity index (χ0v) is 4.19. The van der Waals surface area contributed by atoms with E-state index in [0.29, 0.717) is 6.29 Å². The minimum atomic E-state index is -1.35. The molecule has 0 spiro atoms. The van der Waals surface area contributed by atoms with E-state index < -0.39 is 7.80 Å². The highest BCUT2D eigenvalue weighted by atomic mass is 31.1. The molecule has 2 nitrogen and oxygen atoms in total. The van der Waals surface area contributed by atoms with Crippen LogP contribution >= 0.6 is 7.80 Å². The smallest absolute Gasteiger partial charge is 0.0861 e. The molecule has 0 bridgehead atoms. The topological polar surface area (TPSA) is 43.1 Å². The van der Waals surface area contributed by atoms with Crippen LogP contribution in [0.3, 0.4) is 0 Å². The lowest BCUT2D eigenvalue weighted by molar-refractivity contribution is 0.591. The molecular formula is C2H8NOP. The predicted molar refractivity (Wildman–Crippen MR) is 24.0 cm³/mol. The van der Waals surface area contributed by atoms with Gasteiger partial charge in [0.15, 0.2) is 0 Å². The molecule has 0 heterocycles. The zero-order chi connectivity index (χ0) is 4.28. The Labute approximate surface area is 32.1 Å². The van der Waals surface area contributed by atoms with Crippen LogP contribution in [0.25, 0.3) is 0 Å². The second-order valence-corrected chi connectivity index (χ2v) is 2.72. The summed E-state index contributed by atoms with van der Waals surface area (Å²) in [6.07, 6.45) is 0.352. The van der Waals surface area contributed by atoms with Crippen molar-refractivity contribution in [3.05, 3.63) is 0 Å². The average molecular weight is 93.1 g/mol. The Bertz CT molecular complexity index is 44.9. The molecule has 0 radical (unpaired) electrons. The van der Waals surface area contributed by atoms with Crippen LogP contribution in [0.15, 0.2) is 0 Å². The van der Waals surface area contributed by atoms with Gasteiger partial charge in [-0.15, -0.1) is 0 Å². The van der Waals surface area contributed by atoms with Gasteiger partial charge in [-0.25, -0.2) is 0 Å². The van der Waals surface area contributed by atoms with E-state index in [1.54, 1.807) is 6.66 Å². The molecular weight excluding hydrogens is 85.0 g/mol. The summed E-state index contributed by atoms with van der Waals surface area (Å²) in [5, 5.41) is 0. The van der Waals surface area contributed by atoms with Crippen molar-refractivity contribution >= 4 is 7.80 Å². The quantitative estimate of drug-likeness (QED) is 0.467. The maximum absolute atomic E-state index is 9.87. The number of rotatable bonds is 1. The van der Waals surface area contributed by atoms with Crippen LogP contribution in [0, 0.1) is 0 Å². The Balaban J connectivity index is 2.85. The van der Waals surface area contributed by atoms with Crippen molar-refractivity contribution < 1.29 is 4.57 Å². The van der Waals surface area contributed by atoms with Crippen LogP contribution in [0.2, 0.25) is 0 Å². The zero-order valence-electron chi connectivity index (χ0n) is 3.19. The van der Waals surface area contributed by atoms with Gasteiger partial charge in [0.05, 0.1) is 7.80 Å². The molecule has 1 unspecified atom stereocenters. The molecule has 0 aliphatic carbocycles. The summed E-state index contributed by atoms with van der Waals surface area (Å²) >= 11 is 0. The third-order valence-electron chi connectivity index (χ3n) is 0.287. The van der Waals surface area contributed by atoms with Gasteiger partial charge in [0.25, 0.3) is 0 Å². The van der Waals surface area contributed by atoms with Crippen LogP contribution in [0.5, 0.6) is 0 Å². The predicted octanol–water partition coefficient (Wildman–Crippen LogP) is 0.0921. The fourth-order valence-electron chi connectivity index (χ4n) is 0. The SMILES string of the molecule is C[PH](=O)CN. The molecule has 1 atom stereocenters. The van der Waals surface area contributed by atoms with Crippen LogP contribution in [0.4, 0.5) is 0 Å². The van der Waals surface area contributed by atoms with Crippen molar-refractivity contribution in [3.8, 4) is 0 Å². The van der Waals surface area contributed by atoms with E-state index in [0.717, 1.165) is 0 Å². The molecule has 0 aliphatic heterocycles. The van der Waals surface area contributed by atoms with Gasteiger partial charge in [0, 0.05) is 6.29 Å². The number of hydrogen-bond acceptors (Lipinski definition) is 2. The van der Waals surface area contributed by atoms with Crippen molar-refractivity contribution in [1.82, 2.24) is 0 Å². The Hall–Kier alpha value is 0.190. The molecule has 0 saturated heterocycles. The van der Waals surface area contributed by atoms with Gasteiger partial charge in [-0.1, -0.05) is 0 Å². The molecule has 0 aliphatic rings. The lowest BCUT2D eigenvalue weighted by Gasteiger charge is -1.75. The highest BCUT2D eigenvalue weighted by Gasteiger charge is 1.73. The fraction of sp³-hybridized carbons (Fsp3) is 1.00. The monoisotopic (exact) mass is 93.0 g/mol. The molecule has 0 aromatic rings. The maximum Gasteiger partial charge on any atom is 0.0861 e. The van der Waals surface area contributed by atoms with Crippen LogP contribution in [0.1, 0.15) is 0 Å². The standard InChI is InChI=1S/C2H8NOP/c1-5(4)2-3/h5H,2-3H2,1H3. The summed E-state index contributed by atoms with van der Waals surface area (Å²) in [4.78, 5) is 0. The van der Waals surface area contributed by atoms with Gasteiger partial charge in [-0.3, -0.25) is 0 Å². The molecule has 0 fully saturated rings. The van der Waals surface area contributed by atoms with E-state index in [2.05, 4.69) is 0 Å². The molecule has 2 N–H and O–H groups in total. The minimum absolute atomic E-state index is 0.352. The van der Waals surface area contributed by atoms with E-state index in [1.807, 2.05) is 0 Å². The minimum Gasteiger partial charge on any atom is -0.326 e. The molecule has 0 saturated carbocycles. The van der Waals surface area contributed by atoms with E-state index in [1.165, 1.54) is 0 Å². The first-order valence-corrected chi connectivity index (χ1v) is 3.58. The van der Waals surface area contributed by atoms with Crippen LogP contribution in [-0.2, 0) is 4.57 Å². The Morgan fingerprint density at radius 2 is 2.20 bits per heavy atom. The van der Waals surface area contributed by atoms with Gasteiger partial charge in [0.2, 0.25) is 0 Å². The summed E-state index contributed by atoms with van der Waals surface area (Å²) in [6.45, 7) is 1.64. The van der Waals surface area contributed by atoms with E-state index >= 15 is 0 Å². The van der Waals surface area contributed by atoms with Crippen molar-refractivity contribution in [2.75, 3.05) is 13.0 Å². The summed E-state index contributed by atoms with van der Waals surface area (Å²) in [5.74, 6) is 0. The van der Waals surface area contributed by atoms with Crippen LogP contribution < -0.4 is 5.73 Å². The first-order valence-electron chi connectivity index (χ1n) is 1.47. The first kappa shape index (κ1) is 5.19. The molecule has 3 heteroatoms. The lowest BCUT2D eigenvalue weighted by Crippen LogP contribution is -1.89. The molecule has 0 rings (SSSR count). The van der Waals surface area contributed by atoms with Gasteiger partial charge >= 0.3 is 0 Å². The van der Waals surface area contributed by atoms with Crippen molar-refractivity contribution in [1.29, 1.82) is 0 Å². The highest BCUT2D eigenvalue weighted by Crippen LogP contribution is 2.05. The highest BCUT2D eigenvalue weighted by molar-refractivity contribution is 7.43. The molecule has 0 amide bonds. The lowest BCUT2D eigenvalue weighted by atomic mass is 11.5. The van der Waals surface area contributed by atoms with E-state index in [4.69, 9.17) is 5.73 Å². The second-order valence-electron chi connectivity index (χ2n) is 0.906. The average Bonchev–Trinajstić information content (AvgIpc) is 1.38. The fourth-order valence-corrected chi connectivity index (χ4v) is 0. The summed E-state index contributed by atoms with van der Waals surface area (Å²) in [5.41, 5.74) is 4.90. The summed E-state index contributed by atoms with van der Waals surface area (Å²) in [7, 11) is -1.35. The number of nitrogens with two attached hydrogens (primary N) is 1. The summed E-state index contributed by atoms with van der Waals surface area (Å²) < 4.78 is 9.87. The van der Waals surface area contributed by atoms with Gasteiger partial charge in [-0.2, -0.15) is 0 Å². The van der Waals surface area contributed by atoms with Crippen molar-refractivity contribution in [2.45, 2.75) is 0 Å². The summed E-state index contributed by atoms with van der Waals surface area (Å²) in [6, 6.07) is 0. The van der Waals surface area contributed by atoms with Gasteiger partial charge < -0.3 is 10.3 Å². The van der Waals surface area contributed by atoms with Crippen LogP contribution in [-0.4, -0.2) is 13.0 Å². The molecule has 32 valence electrons. The third-order valence-corrected chi connectivity index (χ3v) is 0.862. The Morgan fingerprint density at radius 1 is 2.00 bits per heavy atom. The molecule has 0 aromatic heterocycles. The van der Waals surface area contributed by atoms with Crippen molar-refractivity contribution in [2.24, 2.45) is 5.73 Å². The number of hydrogen-bond donors (Lipinski definition) is 1. The second kappa shape index (κ2) is 2.43. The Kier molecular flexibility index (Phi) is 2.52. The largest absolute Gasteiger partial charge is 0.326 e. The van der Waals surface area contributed by atoms with E-state index in [9.17, 15) is 4.57 Å². The molecule has 5 heavy (non-hydrogen) atoms. The third kappa shape index (κ3) is 4.19. The Morgan fingerprint density at radius 3 is 2.20 bits per heavy atom. The first-order chi connectivity index (χ1) is 2.27. The van der Waals surface area contributed by atoms with Crippen molar-refractivity contribution in [3.63, 3.8) is 0 Å². The maximum atomic E-state index is 9.87. The van der Waals surface area contributed by atoms with Gasteiger partial charge in [0.1, 0.15) is 0 Å².